The van der Waals surface area contributed by atoms with Crippen LogP contribution in [0.15, 0.2) is 95.0 Å². The van der Waals surface area contributed by atoms with Crippen molar-refractivity contribution in [1.29, 1.82) is 0 Å². The zero-order valence-corrected chi connectivity index (χ0v) is 14.8. The Labute approximate surface area is 160 Å². The van der Waals surface area contributed by atoms with Gasteiger partial charge in [0.2, 0.25) is 0 Å². The topological polar surface area (TPSA) is 86.9 Å². The summed E-state index contributed by atoms with van der Waals surface area (Å²) in [5.41, 5.74) is 1.14. The standard InChI is InChI=1S/C20H15ClN4O2/c21-15-8-4-9-16(12-15)24-25-18(19(26)14-6-2-1-3-7-14)20(27)23-17-10-5-11-22-13-17/h1-13,26H,(H,23,27)/b19-18-,25-24?. The first-order chi connectivity index (χ1) is 13.1. The van der Waals surface area contributed by atoms with Gasteiger partial charge in [0.1, 0.15) is 0 Å². The van der Waals surface area contributed by atoms with E-state index in [-0.39, 0.29) is 11.5 Å². The number of aliphatic hydroxyl groups excluding tert-OH is 1. The second-order valence-corrected chi connectivity index (χ2v) is 5.88. The van der Waals surface area contributed by atoms with Gasteiger partial charge >= 0.3 is 0 Å². The molecule has 1 heterocycles. The molecule has 1 aromatic heterocycles. The highest BCUT2D eigenvalue weighted by molar-refractivity contribution is 6.30. The molecule has 27 heavy (non-hydrogen) atoms. The zero-order valence-electron chi connectivity index (χ0n) is 14.1. The zero-order chi connectivity index (χ0) is 19.1. The number of carbonyl (C=O) groups is 1. The Bertz CT molecular complexity index is 989. The molecule has 1 amide bonds. The molecule has 3 aromatic rings. The van der Waals surface area contributed by atoms with Crippen molar-refractivity contribution in [3.8, 4) is 0 Å². The Morgan fingerprint density at radius 3 is 2.56 bits per heavy atom. The van der Waals surface area contributed by atoms with Crippen molar-refractivity contribution >= 4 is 34.6 Å². The van der Waals surface area contributed by atoms with E-state index in [2.05, 4.69) is 20.5 Å². The highest BCUT2D eigenvalue weighted by atomic mass is 35.5. The number of hydrogen-bond donors (Lipinski definition) is 2. The maximum absolute atomic E-state index is 12.7. The van der Waals surface area contributed by atoms with Crippen molar-refractivity contribution in [2.45, 2.75) is 0 Å². The van der Waals surface area contributed by atoms with Crippen molar-refractivity contribution in [3.05, 3.63) is 95.4 Å². The third kappa shape index (κ3) is 4.99. The molecule has 0 unspecified atom stereocenters. The minimum atomic E-state index is -0.616. The molecule has 0 aliphatic rings. The minimum Gasteiger partial charge on any atom is -0.505 e. The molecular formula is C20H15ClN4O2. The molecule has 0 aliphatic heterocycles. The number of rotatable bonds is 5. The van der Waals surface area contributed by atoms with Crippen LogP contribution in [0.4, 0.5) is 11.4 Å². The van der Waals surface area contributed by atoms with Crippen LogP contribution >= 0.6 is 11.6 Å². The van der Waals surface area contributed by atoms with Crippen LogP contribution < -0.4 is 5.32 Å². The summed E-state index contributed by atoms with van der Waals surface area (Å²) in [6.45, 7) is 0. The number of hydrogen-bond acceptors (Lipinski definition) is 5. The van der Waals surface area contributed by atoms with Gasteiger partial charge in [-0.1, -0.05) is 48.0 Å². The Hall–Kier alpha value is -3.51. The summed E-state index contributed by atoms with van der Waals surface area (Å²) in [6.07, 6.45) is 3.08. The van der Waals surface area contributed by atoms with Crippen molar-refractivity contribution in [1.82, 2.24) is 4.98 Å². The molecule has 6 nitrogen and oxygen atoms in total. The molecule has 2 N–H and O–H groups in total. The number of benzene rings is 2. The van der Waals surface area contributed by atoms with E-state index in [1.165, 1.54) is 6.20 Å². The number of nitrogens with one attached hydrogen (secondary N) is 1. The number of aromatic nitrogens is 1. The molecule has 0 aliphatic carbocycles. The molecule has 0 bridgehead atoms. The second-order valence-electron chi connectivity index (χ2n) is 5.44. The number of nitrogens with zero attached hydrogens (tertiary/aromatic N) is 3. The second kappa shape index (κ2) is 8.73. The number of aliphatic hydroxyl groups is 1. The summed E-state index contributed by atoms with van der Waals surface area (Å²) >= 11 is 5.94. The first-order valence-corrected chi connectivity index (χ1v) is 8.38. The highest BCUT2D eigenvalue weighted by Gasteiger charge is 2.17. The van der Waals surface area contributed by atoms with Gasteiger partial charge in [0.05, 0.1) is 17.6 Å². The van der Waals surface area contributed by atoms with Crippen LogP contribution in [0, 0.1) is 0 Å². The molecule has 0 atom stereocenters. The lowest BCUT2D eigenvalue weighted by atomic mass is 10.1. The molecule has 134 valence electrons. The number of amides is 1. The van der Waals surface area contributed by atoms with E-state index in [1.807, 2.05) is 0 Å². The first-order valence-electron chi connectivity index (χ1n) is 8.01. The van der Waals surface area contributed by atoms with Gasteiger partial charge in [-0.25, -0.2) is 0 Å². The Morgan fingerprint density at radius 1 is 1.04 bits per heavy atom. The van der Waals surface area contributed by atoms with Crippen LogP contribution in [0.3, 0.4) is 0 Å². The summed E-state index contributed by atoms with van der Waals surface area (Å²) in [7, 11) is 0. The first kappa shape index (κ1) is 18.3. The van der Waals surface area contributed by atoms with Crippen molar-refractivity contribution in [2.24, 2.45) is 10.2 Å². The van der Waals surface area contributed by atoms with Gasteiger partial charge in [0, 0.05) is 16.8 Å². The van der Waals surface area contributed by atoms with Crippen LogP contribution in [0.2, 0.25) is 5.02 Å². The molecule has 0 saturated heterocycles. The molecule has 2 aromatic carbocycles. The van der Waals surface area contributed by atoms with Crippen molar-refractivity contribution < 1.29 is 9.90 Å². The van der Waals surface area contributed by atoms with Gasteiger partial charge < -0.3 is 10.4 Å². The molecule has 0 fully saturated rings. The van der Waals surface area contributed by atoms with Gasteiger partial charge in [-0.3, -0.25) is 9.78 Å². The number of carbonyl (C=O) groups excluding carboxylic acids is 1. The van der Waals surface area contributed by atoms with E-state index in [9.17, 15) is 9.90 Å². The average molecular weight is 379 g/mol. The summed E-state index contributed by atoms with van der Waals surface area (Å²) in [5.74, 6) is -0.905. The lowest BCUT2D eigenvalue weighted by Crippen LogP contribution is -2.15. The number of pyridine rings is 1. The Morgan fingerprint density at radius 2 is 1.85 bits per heavy atom. The van der Waals surface area contributed by atoms with Gasteiger partial charge in [-0.05, 0) is 30.3 Å². The quantitative estimate of drug-likeness (QED) is 0.354. The van der Waals surface area contributed by atoms with Gasteiger partial charge in [0.25, 0.3) is 5.91 Å². The lowest BCUT2D eigenvalue weighted by Gasteiger charge is -2.07. The van der Waals surface area contributed by atoms with Crippen molar-refractivity contribution in [2.75, 3.05) is 5.32 Å². The van der Waals surface area contributed by atoms with E-state index in [4.69, 9.17) is 11.6 Å². The van der Waals surface area contributed by atoms with Crippen molar-refractivity contribution in [3.63, 3.8) is 0 Å². The molecule has 0 radical (unpaired) electrons. The molecule has 0 spiro atoms. The lowest BCUT2D eigenvalue weighted by molar-refractivity contribution is -0.112. The third-order valence-corrected chi connectivity index (χ3v) is 3.71. The van der Waals surface area contributed by atoms with Gasteiger partial charge in [-0.2, -0.15) is 5.11 Å². The van der Waals surface area contributed by atoms with E-state index in [1.54, 1.807) is 72.9 Å². The Kier molecular flexibility index (Phi) is 5.91. The van der Waals surface area contributed by atoms with E-state index >= 15 is 0 Å². The largest absolute Gasteiger partial charge is 0.505 e. The fourth-order valence-electron chi connectivity index (χ4n) is 2.21. The molecule has 3 rings (SSSR count). The fraction of sp³-hybridized carbons (Fsp3) is 0. The molecular weight excluding hydrogens is 364 g/mol. The molecule has 0 saturated carbocycles. The summed E-state index contributed by atoms with van der Waals surface area (Å²) in [5, 5.41) is 21.7. The number of halogens is 1. The normalized spacial score (nSPS) is 11.9. The van der Waals surface area contributed by atoms with Crippen LogP contribution in [0.25, 0.3) is 5.76 Å². The third-order valence-electron chi connectivity index (χ3n) is 3.48. The Balaban J connectivity index is 1.97. The monoisotopic (exact) mass is 378 g/mol. The summed E-state index contributed by atoms with van der Waals surface area (Å²) < 4.78 is 0. The van der Waals surface area contributed by atoms with Crippen LogP contribution in [-0.4, -0.2) is 16.0 Å². The predicted molar refractivity (Wildman–Crippen MR) is 105 cm³/mol. The van der Waals surface area contributed by atoms with E-state index in [0.717, 1.165) is 0 Å². The maximum Gasteiger partial charge on any atom is 0.280 e. The van der Waals surface area contributed by atoms with E-state index < -0.39 is 5.91 Å². The van der Waals surface area contributed by atoms with Crippen LogP contribution in [0.5, 0.6) is 0 Å². The highest BCUT2D eigenvalue weighted by Crippen LogP contribution is 2.23. The fourth-order valence-corrected chi connectivity index (χ4v) is 2.39. The number of anilines is 1. The average Bonchev–Trinajstić information content (AvgIpc) is 2.69. The van der Waals surface area contributed by atoms with Crippen LogP contribution in [0.1, 0.15) is 5.56 Å². The summed E-state index contributed by atoms with van der Waals surface area (Å²) in [4.78, 5) is 16.6. The maximum atomic E-state index is 12.7. The smallest absolute Gasteiger partial charge is 0.280 e. The molecule has 7 heteroatoms. The van der Waals surface area contributed by atoms with Gasteiger partial charge in [0.15, 0.2) is 11.5 Å². The van der Waals surface area contributed by atoms with E-state index in [0.29, 0.717) is 22.0 Å². The number of azo groups is 1. The van der Waals surface area contributed by atoms with Gasteiger partial charge in [-0.15, -0.1) is 5.11 Å². The summed E-state index contributed by atoms with van der Waals surface area (Å²) in [6, 6.07) is 18.7. The predicted octanol–water partition coefficient (Wildman–Crippen LogP) is 5.38. The SMILES string of the molecule is O=C(Nc1cccnc1)/C(N=Nc1cccc(Cl)c1)=C(/O)c1ccccc1. The minimum absolute atomic E-state index is 0.231. The van der Waals surface area contributed by atoms with Crippen LogP contribution in [-0.2, 0) is 4.79 Å².